The third-order valence-corrected chi connectivity index (χ3v) is 4.66. The maximum atomic E-state index is 13.2. The first-order valence-electron chi connectivity index (χ1n) is 5.96. The summed E-state index contributed by atoms with van der Waals surface area (Å²) < 4.78 is 41.6. The Balaban J connectivity index is 2.25. The summed E-state index contributed by atoms with van der Waals surface area (Å²) in [6, 6.07) is 1.84. The fraction of sp³-hybridized carbons (Fsp3) is 0.273. The molecule has 0 saturated heterocycles. The number of nitrogens with two attached hydrogens (primary N) is 1. The third kappa shape index (κ3) is 3.31. The second-order valence-electron chi connectivity index (χ2n) is 4.16. The van der Waals surface area contributed by atoms with Crippen molar-refractivity contribution in [1.82, 2.24) is 19.5 Å². The summed E-state index contributed by atoms with van der Waals surface area (Å²) >= 11 is 5.76. The minimum Gasteiger partial charge on any atom is -0.396 e. The number of sulfonamides is 1. The molecule has 0 saturated carbocycles. The molecule has 0 aliphatic rings. The van der Waals surface area contributed by atoms with Crippen LogP contribution in [0.1, 0.15) is 12.7 Å². The molecule has 10 heteroatoms. The number of rotatable bonds is 5. The molecule has 1 heterocycles. The topological polar surface area (TPSA) is 103 Å². The minimum atomic E-state index is -3.94. The van der Waals surface area contributed by atoms with Crippen molar-refractivity contribution in [3.8, 4) is 0 Å². The first-order valence-corrected chi connectivity index (χ1v) is 7.82. The molecular formula is C11H13ClFN5O2S. The molecule has 0 bridgehead atoms. The number of hydrogen-bond donors (Lipinski definition) is 2. The fourth-order valence-corrected chi connectivity index (χ4v) is 3.20. The van der Waals surface area contributed by atoms with Crippen LogP contribution in [0.5, 0.6) is 0 Å². The Labute approximate surface area is 126 Å². The number of aromatic nitrogens is 3. The van der Waals surface area contributed by atoms with Crippen molar-refractivity contribution < 1.29 is 12.8 Å². The van der Waals surface area contributed by atoms with Crippen molar-refractivity contribution in [2.45, 2.75) is 24.9 Å². The molecule has 2 rings (SSSR count). The highest BCUT2D eigenvalue weighted by Crippen LogP contribution is 2.26. The lowest BCUT2D eigenvalue weighted by atomic mass is 10.3. The Morgan fingerprint density at radius 3 is 2.86 bits per heavy atom. The van der Waals surface area contributed by atoms with E-state index in [9.17, 15) is 12.8 Å². The summed E-state index contributed by atoms with van der Waals surface area (Å²) in [4.78, 5) is -0.286. The highest BCUT2D eigenvalue weighted by molar-refractivity contribution is 7.89. The van der Waals surface area contributed by atoms with Crippen LogP contribution in [0.15, 0.2) is 23.4 Å². The zero-order chi connectivity index (χ0) is 15.6. The number of anilines is 1. The normalized spacial score (nSPS) is 11.8. The first-order chi connectivity index (χ1) is 9.85. The number of hydrogen-bond acceptors (Lipinski definition) is 5. The van der Waals surface area contributed by atoms with E-state index in [1.165, 1.54) is 6.33 Å². The van der Waals surface area contributed by atoms with Gasteiger partial charge in [0.05, 0.1) is 17.3 Å². The zero-order valence-corrected chi connectivity index (χ0v) is 12.6. The Bertz CT molecular complexity index is 762. The van der Waals surface area contributed by atoms with E-state index in [0.717, 1.165) is 12.1 Å². The SMILES string of the molecule is CCn1cnnc1CNS(=O)(=O)c1cc(N)c(F)cc1Cl. The standard InChI is InChI=1S/C11H13ClFN5O2S/c1-2-18-6-15-17-11(18)5-16-21(19,20)10-4-9(14)8(13)3-7(10)12/h3-4,6,16H,2,5,14H2,1H3. The molecule has 7 nitrogen and oxygen atoms in total. The number of nitrogens with one attached hydrogen (secondary N) is 1. The van der Waals surface area contributed by atoms with Gasteiger partial charge in [-0.25, -0.2) is 17.5 Å². The number of halogens is 2. The van der Waals surface area contributed by atoms with Crippen molar-refractivity contribution in [2.75, 3.05) is 5.73 Å². The Kier molecular flexibility index (Phi) is 4.45. The molecule has 0 amide bonds. The monoisotopic (exact) mass is 333 g/mol. The van der Waals surface area contributed by atoms with Gasteiger partial charge in [-0.3, -0.25) is 0 Å². The van der Waals surface area contributed by atoms with Gasteiger partial charge in [-0.05, 0) is 19.1 Å². The molecule has 1 aromatic heterocycles. The molecule has 21 heavy (non-hydrogen) atoms. The van der Waals surface area contributed by atoms with Gasteiger partial charge in [0.1, 0.15) is 22.9 Å². The van der Waals surface area contributed by atoms with Gasteiger partial charge in [-0.2, -0.15) is 0 Å². The van der Waals surface area contributed by atoms with Crippen molar-refractivity contribution >= 4 is 27.3 Å². The Morgan fingerprint density at radius 2 is 2.19 bits per heavy atom. The lowest BCUT2D eigenvalue weighted by Crippen LogP contribution is -2.25. The zero-order valence-electron chi connectivity index (χ0n) is 11.0. The molecule has 2 aromatic rings. The van der Waals surface area contributed by atoms with E-state index in [2.05, 4.69) is 14.9 Å². The average Bonchev–Trinajstić information content (AvgIpc) is 2.88. The van der Waals surface area contributed by atoms with Crippen LogP contribution in [-0.4, -0.2) is 23.2 Å². The van der Waals surface area contributed by atoms with Gasteiger partial charge in [0.15, 0.2) is 0 Å². The second-order valence-corrected chi connectivity index (χ2v) is 6.30. The predicted molar refractivity (Wildman–Crippen MR) is 75.5 cm³/mol. The van der Waals surface area contributed by atoms with Gasteiger partial charge in [0, 0.05) is 6.54 Å². The van der Waals surface area contributed by atoms with Gasteiger partial charge in [0.2, 0.25) is 10.0 Å². The molecule has 3 N–H and O–H groups in total. The van der Waals surface area contributed by atoms with Gasteiger partial charge in [-0.15, -0.1) is 10.2 Å². The summed E-state index contributed by atoms with van der Waals surface area (Å²) in [7, 11) is -3.94. The quantitative estimate of drug-likeness (QED) is 0.799. The van der Waals surface area contributed by atoms with Crippen molar-refractivity contribution in [1.29, 1.82) is 0 Å². The molecule has 0 aliphatic carbocycles. The highest BCUT2D eigenvalue weighted by atomic mass is 35.5. The molecule has 0 unspecified atom stereocenters. The minimum absolute atomic E-state index is 0.0657. The second kappa shape index (κ2) is 5.96. The molecule has 1 aromatic carbocycles. The smallest absolute Gasteiger partial charge is 0.242 e. The summed E-state index contributed by atoms with van der Waals surface area (Å²) in [5.74, 6) is -0.322. The Hall–Kier alpha value is -1.71. The molecule has 0 spiro atoms. The van der Waals surface area contributed by atoms with E-state index in [-0.39, 0.29) is 22.2 Å². The summed E-state index contributed by atoms with van der Waals surface area (Å²) in [6.07, 6.45) is 1.49. The van der Waals surface area contributed by atoms with Gasteiger partial charge >= 0.3 is 0 Å². The summed E-state index contributed by atoms with van der Waals surface area (Å²) in [5, 5.41) is 7.25. The highest BCUT2D eigenvalue weighted by Gasteiger charge is 2.20. The maximum absolute atomic E-state index is 13.2. The van der Waals surface area contributed by atoms with Crippen LogP contribution in [0.3, 0.4) is 0 Å². The molecule has 0 fully saturated rings. The molecule has 0 atom stereocenters. The van der Waals surface area contributed by atoms with Crippen molar-refractivity contribution in [2.24, 2.45) is 0 Å². The van der Waals surface area contributed by atoms with Crippen LogP contribution in [-0.2, 0) is 23.1 Å². The van der Waals surface area contributed by atoms with Crippen LogP contribution in [0.25, 0.3) is 0 Å². The van der Waals surface area contributed by atoms with E-state index < -0.39 is 15.8 Å². The van der Waals surface area contributed by atoms with E-state index in [4.69, 9.17) is 17.3 Å². The average molecular weight is 334 g/mol. The summed E-state index contributed by atoms with van der Waals surface area (Å²) in [6.45, 7) is 2.41. The van der Waals surface area contributed by atoms with Crippen LogP contribution in [0.2, 0.25) is 5.02 Å². The van der Waals surface area contributed by atoms with Crippen LogP contribution >= 0.6 is 11.6 Å². The number of aryl methyl sites for hydroxylation is 1. The third-order valence-electron chi connectivity index (χ3n) is 2.80. The molecule has 114 valence electrons. The number of nitrogen functional groups attached to an aromatic ring is 1. The van der Waals surface area contributed by atoms with E-state index in [0.29, 0.717) is 12.4 Å². The van der Waals surface area contributed by atoms with Crippen LogP contribution in [0, 0.1) is 5.82 Å². The lowest BCUT2D eigenvalue weighted by molar-refractivity contribution is 0.574. The first kappa shape index (κ1) is 15.7. The largest absolute Gasteiger partial charge is 0.396 e. The van der Waals surface area contributed by atoms with Gasteiger partial charge < -0.3 is 10.3 Å². The van der Waals surface area contributed by atoms with Crippen molar-refractivity contribution in [3.05, 3.63) is 35.1 Å². The maximum Gasteiger partial charge on any atom is 0.242 e. The molecular weight excluding hydrogens is 321 g/mol. The van der Waals surface area contributed by atoms with Crippen molar-refractivity contribution in [3.63, 3.8) is 0 Å². The van der Waals surface area contributed by atoms with E-state index in [1.807, 2.05) is 6.92 Å². The molecule has 0 aliphatic heterocycles. The fourth-order valence-electron chi connectivity index (χ4n) is 1.67. The predicted octanol–water partition coefficient (Wildman–Crippen LogP) is 1.15. The summed E-state index contributed by atoms with van der Waals surface area (Å²) in [5.41, 5.74) is 5.08. The van der Waals surface area contributed by atoms with E-state index >= 15 is 0 Å². The number of nitrogens with zero attached hydrogens (tertiary/aromatic N) is 3. The number of benzene rings is 1. The van der Waals surface area contributed by atoms with Gasteiger partial charge in [0.25, 0.3) is 0 Å². The van der Waals surface area contributed by atoms with Gasteiger partial charge in [-0.1, -0.05) is 11.6 Å². The molecule has 0 radical (unpaired) electrons. The van der Waals surface area contributed by atoms with E-state index in [1.54, 1.807) is 4.57 Å². The van der Waals surface area contributed by atoms with Crippen LogP contribution in [0.4, 0.5) is 10.1 Å². The Morgan fingerprint density at radius 1 is 1.48 bits per heavy atom. The lowest BCUT2D eigenvalue weighted by Gasteiger charge is -2.09. The van der Waals surface area contributed by atoms with Crippen LogP contribution < -0.4 is 10.5 Å².